The van der Waals surface area contributed by atoms with Crippen LogP contribution >= 0.6 is 0 Å². The number of methoxy groups -OCH3 is 1. The van der Waals surface area contributed by atoms with E-state index < -0.39 is 11.6 Å². The second-order valence-electron chi connectivity index (χ2n) is 9.68. The molecular weight excluding hydrogens is 436 g/mol. The van der Waals surface area contributed by atoms with Gasteiger partial charge in [-0.1, -0.05) is 43.6 Å². The molecule has 0 rings (SSSR count). The average Bonchev–Trinajstić information content (AvgIpc) is 2.77. The van der Waals surface area contributed by atoms with Crippen molar-refractivity contribution < 1.29 is 23.9 Å². The first kappa shape index (κ1) is 31.9. The topological polar surface area (TPSA) is 130 Å². The summed E-state index contributed by atoms with van der Waals surface area (Å²) in [5.74, 6) is -0.224. The third-order valence-corrected chi connectivity index (χ3v) is 5.35. The zero-order valence-corrected chi connectivity index (χ0v) is 21.8. The Morgan fingerprint density at radius 3 is 1.97 bits per heavy atom. The van der Waals surface area contributed by atoms with Crippen molar-refractivity contribution in [3.63, 3.8) is 0 Å². The lowest BCUT2D eigenvalue weighted by Crippen LogP contribution is -2.38. The summed E-state index contributed by atoms with van der Waals surface area (Å²) >= 11 is 0. The van der Waals surface area contributed by atoms with Gasteiger partial charge in [-0.25, -0.2) is 0 Å². The molecule has 0 amide bonds. The van der Waals surface area contributed by atoms with Crippen LogP contribution in [-0.4, -0.2) is 49.6 Å². The summed E-state index contributed by atoms with van der Waals surface area (Å²) in [6.07, 6.45) is 12.2. The van der Waals surface area contributed by atoms with Gasteiger partial charge in [-0.15, -0.1) is 0 Å². The fourth-order valence-corrected chi connectivity index (χ4v) is 3.57. The van der Waals surface area contributed by atoms with Gasteiger partial charge in [-0.2, -0.15) is 0 Å². The number of hydrogen-bond donors (Lipinski definition) is 1. The van der Waals surface area contributed by atoms with E-state index in [1.165, 1.54) is 20.0 Å². The van der Waals surface area contributed by atoms with Gasteiger partial charge >= 0.3 is 11.9 Å². The predicted octanol–water partition coefficient (Wildman–Crippen LogP) is 5.80. The molecule has 9 nitrogen and oxygen atoms in total. The lowest BCUT2D eigenvalue weighted by Gasteiger charge is -2.19. The van der Waals surface area contributed by atoms with Crippen LogP contribution in [0.25, 0.3) is 10.4 Å². The van der Waals surface area contributed by atoms with Gasteiger partial charge in [0.2, 0.25) is 0 Å². The maximum absolute atomic E-state index is 12.0. The number of unbranched alkanes of at least 4 members (excludes halogenated alkanes) is 8. The molecule has 0 aliphatic heterocycles. The Kier molecular flexibility index (Phi) is 19.0. The number of rotatable bonds is 21. The molecule has 0 saturated carbocycles. The minimum atomic E-state index is -0.449. The Bertz CT molecular complexity index is 627. The van der Waals surface area contributed by atoms with Gasteiger partial charge in [0, 0.05) is 30.7 Å². The van der Waals surface area contributed by atoms with Crippen molar-refractivity contribution in [3.05, 3.63) is 10.4 Å². The van der Waals surface area contributed by atoms with Crippen LogP contribution in [0, 0.1) is 0 Å². The Morgan fingerprint density at radius 2 is 1.41 bits per heavy atom. The molecule has 0 radical (unpaired) electrons. The molecule has 9 heteroatoms. The number of carbonyl (C=O) groups excluding carboxylic acids is 3. The Morgan fingerprint density at radius 1 is 0.882 bits per heavy atom. The molecule has 0 unspecified atom stereocenters. The number of azide groups is 1. The highest BCUT2D eigenvalue weighted by atomic mass is 16.6. The van der Waals surface area contributed by atoms with Gasteiger partial charge in [-0.05, 0) is 65.0 Å². The number of carbonyl (C=O) groups is 3. The average molecular weight is 483 g/mol. The highest BCUT2D eigenvalue weighted by Gasteiger charge is 2.17. The van der Waals surface area contributed by atoms with E-state index in [2.05, 4.69) is 15.3 Å². The van der Waals surface area contributed by atoms with Crippen LogP contribution in [0.5, 0.6) is 0 Å². The molecule has 0 fully saturated rings. The van der Waals surface area contributed by atoms with Crippen LogP contribution in [-0.2, 0) is 23.9 Å². The summed E-state index contributed by atoms with van der Waals surface area (Å²) in [5, 5.41) is 6.65. The van der Waals surface area contributed by atoms with Gasteiger partial charge in [0.25, 0.3) is 0 Å². The van der Waals surface area contributed by atoms with Gasteiger partial charge in [-0.3, -0.25) is 14.4 Å². The molecule has 0 aromatic rings. The molecule has 1 N–H and O–H groups in total. The van der Waals surface area contributed by atoms with Crippen LogP contribution in [0.4, 0.5) is 0 Å². The van der Waals surface area contributed by atoms with Crippen molar-refractivity contribution in [2.24, 2.45) is 5.11 Å². The van der Waals surface area contributed by atoms with E-state index in [-0.39, 0.29) is 18.5 Å². The normalized spacial score (nSPS) is 12.0. The molecule has 0 aromatic carbocycles. The van der Waals surface area contributed by atoms with Gasteiger partial charge in [0.05, 0.1) is 7.11 Å². The predicted molar refractivity (Wildman–Crippen MR) is 133 cm³/mol. The quantitative estimate of drug-likeness (QED) is 0.0723. The van der Waals surface area contributed by atoms with Crippen molar-refractivity contribution in [1.82, 2.24) is 5.32 Å². The van der Waals surface area contributed by atoms with Crippen molar-refractivity contribution >= 4 is 17.7 Å². The lowest BCUT2D eigenvalue weighted by molar-refractivity contribution is -0.155. The number of esters is 2. The van der Waals surface area contributed by atoms with E-state index in [9.17, 15) is 14.4 Å². The highest BCUT2D eigenvalue weighted by Crippen LogP contribution is 2.13. The van der Waals surface area contributed by atoms with E-state index in [0.717, 1.165) is 51.5 Å². The molecule has 196 valence electrons. The Hall–Kier alpha value is -2.12. The summed E-state index contributed by atoms with van der Waals surface area (Å²) in [7, 11) is 1.36. The molecule has 0 heterocycles. The Balaban J connectivity index is 3.57. The molecule has 0 spiro atoms. The first-order valence-corrected chi connectivity index (χ1v) is 12.7. The number of Topliss-reactive ketones (excluding diaryl/α,β-unsaturated/α-hetero) is 1. The molecule has 0 aliphatic rings. The maximum atomic E-state index is 12.0. The molecule has 0 aromatic heterocycles. The molecule has 1 atom stereocenters. The zero-order valence-electron chi connectivity index (χ0n) is 21.8. The van der Waals surface area contributed by atoms with Crippen molar-refractivity contribution in [3.8, 4) is 0 Å². The van der Waals surface area contributed by atoms with Crippen molar-refractivity contribution in [1.29, 1.82) is 0 Å². The van der Waals surface area contributed by atoms with Gasteiger partial charge in [0.1, 0.15) is 17.4 Å². The maximum Gasteiger partial charge on any atom is 0.322 e. The van der Waals surface area contributed by atoms with Gasteiger partial charge in [0.15, 0.2) is 0 Å². The second-order valence-corrected chi connectivity index (χ2v) is 9.68. The standard InChI is InChI=1S/C25H46N4O5/c1-25(2,3)34-23(31)17-13-12-16-21(30)15-11-9-7-5-6-8-10-14-19-27-22(24(32)33-4)18-20-28-29-26/h22,27H,5-20H2,1-4H3/t22-/m0/s1. The minimum absolute atomic E-state index is 0.191. The monoisotopic (exact) mass is 482 g/mol. The molecule has 0 bridgehead atoms. The summed E-state index contributed by atoms with van der Waals surface area (Å²) in [4.78, 5) is 38.0. The zero-order chi connectivity index (χ0) is 25.7. The lowest BCUT2D eigenvalue weighted by atomic mass is 10.0. The largest absolute Gasteiger partial charge is 0.468 e. The fraction of sp³-hybridized carbons (Fsp3) is 0.880. The number of ether oxygens (including phenoxy) is 2. The SMILES string of the molecule is COC(=O)[C@H](CCN=[N+]=[N-])NCCCCCCCCCCC(=O)CCCCC(=O)OC(C)(C)C. The van der Waals surface area contributed by atoms with Gasteiger partial charge < -0.3 is 14.8 Å². The summed E-state index contributed by atoms with van der Waals surface area (Å²) in [6, 6.07) is -0.428. The number of nitrogens with zero attached hydrogens (tertiary/aromatic N) is 3. The van der Waals surface area contributed by atoms with Crippen LogP contribution in [0.3, 0.4) is 0 Å². The first-order valence-electron chi connectivity index (χ1n) is 12.7. The van der Waals surface area contributed by atoms with E-state index >= 15 is 0 Å². The molecule has 0 aliphatic carbocycles. The second kappa shape index (κ2) is 20.3. The molecule has 34 heavy (non-hydrogen) atoms. The minimum Gasteiger partial charge on any atom is -0.468 e. The molecular formula is C25H46N4O5. The van der Waals surface area contributed by atoms with Crippen molar-refractivity contribution in [2.45, 2.75) is 122 Å². The van der Waals surface area contributed by atoms with E-state index in [1.807, 2.05) is 20.8 Å². The van der Waals surface area contributed by atoms with E-state index in [4.69, 9.17) is 15.0 Å². The Labute approximate surface area is 205 Å². The summed E-state index contributed by atoms with van der Waals surface area (Å²) < 4.78 is 10.0. The number of nitrogens with one attached hydrogen (secondary N) is 1. The van der Waals surface area contributed by atoms with Crippen molar-refractivity contribution in [2.75, 3.05) is 20.2 Å². The van der Waals surface area contributed by atoms with Crippen LogP contribution < -0.4 is 5.32 Å². The van der Waals surface area contributed by atoms with Crippen LogP contribution in [0.15, 0.2) is 5.11 Å². The highest BCUT2D eigenvalue weighted by molar-refractivity contribution is 5.78. The third kappa shape index (κ3) is 20.5. The number of hydrogen-bond acceptors (Lipinski definition) is 7. The van der Waals surface area contributed by atoms with Crippen LogP contribution in [0.2, 0.25) is 0 Å². The van der Waals surface area contributed by atoms with E-state index in [0.29, 0.717) is 37.9 Å². The fourth-order valence-electron chi connectivity index (χ4n) is 3.57. The molecule has 0 saturated heterocycles. The summed E-state index contributed by atoms with van der Waals surface area (Å²) in [5.41, 5.74) is 7.89. The summed E-state index contributed by atoms with van der Waals surface area (Å²) in [6.45, 7) is 6.57. The van der Waals surface area contributed by atoms with Crippen LogP contribution in [0.1, 0.15) is 111 Å². The smallest absolute Gasteiger partial charge is 0.322 e. The third-order valence-electron chi connectivity index (χ3n) is 5.35. The first-order chi connectivity index (χ1) is 16.2. The van der Waals surface area contributed by atoms with E-state index in [1.54, 1.807) is 0 Å². The number of ketones is 1.